The molecule has 3 aromatic rings. The molecule has 1 aromatic carbocycles. The predicted octanol–water partition coefficient (Wildman–Crippen LogP) is 3.19. The Morgan fingerprint density at radius 2 is 1.92 bits per heavy atom. The molecule has 25 heavy (non-hydrogen) atoms. The summed E-state index contributed by atoms with van der Waals surface area (Å²) in [5, 5.41) is 9.16. The molecule has 3 rings (SSSR count). The number of rotatable bonds is 4. The highest BCUT2D eigenvalue weighted by Crippen LogP contribution is 2.33. The van der Waals surface area contributed by atoms with Crippen LogP contribution in [0.25, 0.3) is 22.4 Å². The number of hydrogen-bond donors (Lipinski definition) is 2. The van der Waals surface area contributed by atoms with Crippen LogP contribution in [0.2, 0.25) is 0 Å². The Labute approximate surface area is 143 Å². The van der Waals surface area contributed by atoms with Crippen molar-refractivity contribution in [2.45, 2.75) is 13.3 Å². The Kier molecular flexibility index (Phi) is 4.38. The first kappa shape index (κ1) is 16.5. The third-order valence-electron chi connectivity index (χ3n) is 3.81. The van der Waals surface area contributed by atoms with Crippen LogP contribution in [0.3, 0.4) is 0 Å². The van der Waals surface area contributed by atoms with Crippen LogP contribution in [0, 0.1) is 5.82 Å². The average molecular weight is 338 g/mol. The molecule has 0 atom stereocenters. The van der Waals surface area contributed by atoms with E-state index >= 15 is 0 Å². The predicted molar refractivity (Wildman–Crippen MR) is 91.4 cm³/mol. The molecule has 0 unspecified atom stereocenters. The summed E-state index contributed by atoms with van der Waals surface area (Å²) in [5.41, 5.74) is 8.49. The smallest absolute Gasteiger partial charge is 0.338 e. The van der Waals surface area contributed by atoms with Crippen LogP contribution in [0.4, 0.5) is 10.2 Å². The lowest BCUT2D eigenvalue weighted by molar-refractivity contribution is 0.0692. The molecule has 0 fully saturated rings. The van der Waals surface area contributed by atoms with Crippen molar-refractivity contribution in [3.8, 4) is 22.4 Å². The van der Waals surface area contributed by atoms with Gasteiger partial charge < -0.3 is 10.8 Å². The van der Waals surface area contributed by atoms with E-state index in [1.807, 2.05) is 6.92 Å². The van der Waals surface area contributed by atoms with E-state index in [-0.39, 0.29) is 0 Å². The fourth-order valence-corrected chi connectivity index (χ4v) is 2.60. The number of anilines is 1. The molecule has 126 valence electrons. The number of nitrogen functional groups attached to an aromatic ring is 1. The number of halogens is 1. The van der Waals surface area contributed by atoms with E-state index in [2.05, 4.69) is 15.0 Å². The molecule has 0 aliphatic carbocycles. The second-order valence-electron chi connectivity index (χ2n) is 5.37. The van der Waals surface area contributed by atoms with E-state index in [1.165, 1.54) is 18.5 Å². The van der Waals surface area contributed by atoms with E-state index in [0.717, 1.165) is 22.9 Å². The molecule has 0 spiro atoms. The number of nitrogens with zero attached hydrogens (tertiary/aromatic N) is 3. The van der Waals surface area contributed by atoms with Crippen molar-refractivity contribution in [3.05, 3.63) is 59.9 Å². The molecular formula is C18H15FN4O2. The number of hydrogen-bond acceptors (Lipinski definition) is 5. The van der Waals surface area contributed by atoms with Gasteiger partial charge in [0.25, 0.3) is 0 Å². The van der Waals surface area contributed by atoms with Crippen molar-refractivity contribution in [1.29, 1.82) is 0 Å². The van der Waals surface area contributed by atoms with Crippen molar-refractivity contribution < 1.29 is 14.3 Å². The van der Waals surface area contributed by atoms with Gasteiger partial charge in [0.05, 0.1) is 17.0 Å². The Balaban J connectivity index is 2.25. The average Bonchev–Trinajstić information content (AvgIpc) is 2.62. The van der Waals surface area contributed by atoms with E-state index in [9.17, 15) is 9.18 Å². The molecule has 0 amide bonds. The van der Waals surface area contributed by atoms with Gasteiger partial charge in [-0.15, -0.1) is 0 Å². The van der Waals surface area contributed by atoms with Crippen LogP contribution in [-0.4, -0.2) is 26.0 Å². The Morgan fingerprint density at radius 3 is 2.56 bits per heavy atom. The standard InChI is InChI=1S/C18H15FN4O2/c1-2-14-16(11-4-6-15(20)21-8-11)17(23-9-22-14)10-3-5-13(19)12(7-10)18(24)25/h3-9H,2H2,1H3,(H2,20,21)(H,24,25). The minimum atomic E-state index is -1.33. The Bertz CT molecular complexity index is 942. The molecule has 2 heterocycles. The summed E-state index contributed by atoms with van der Waals surface area (Å²) in [6.07, 6.45) is 3.66. The first-order chi connectivity index (χ1) is 12.0. The summed E-state index contributed by atoms with van der Waals surface area (Å²) in [7, 11) is 0. The fourth-order valence-electron chi connectivity index (χ4n) is 2.60. The van der Waals surface area contributed by atoms with Crippen LogP contribution in [0.15, 0.2) is 42.9 Å². The van der Waals surface area contributed by atoms with Gasteiger partial charge >= 0.3 is 5.97 Å². The molecule has 0 radical (unpaired) electrons. The molecule has 2 aromatic heterocycles. The monoisotopic (exact) mass is 338 g/mol. The lowest BCUT2D eigenvalue weighted by Gasteiger charge is -2.13. The molecule has 0 aliphatic rings. The number of carbonyl (C=O) groups is 1. The van der Waals surface area contributed by atoms with Gasteiger partial charge in [0.1, 0.15) is 18.0 Å². The van der Waals surface area contributed by atoms with Gasteiger partial charge in [0.2, 0.25) is 0 Å². The van der Waals surface area contributed by atoms with Crippen LogP contribution < -0.4 is 5.73 Å². The van der Waals surface area contributed by atoms with E-state index in [4.69, 9.17) is 10.8 Å². The fraction of sp³-hybridized carbons (Fsp3) is 0.111. The van der Waals surface area contributed by atoms with Crippen molar-refractivity contribution in [2.75, 3.05) is 5.73 Å². The topological polar surface area (TPSA) is 102 Å². The van der Waals surface area contributed by atoms with Gasteiger partial charge in [0.15, 0.2) is 0 Å². The number of carboxylic acids is 1. The molecule has 0 saturated heterocycles. The number of aromatic nitrogens is 3. The lowest BCUT2D eigenvalue weighted by Crippen LogP contribution is -2.03. The summed E-state index contributed by atoms with van der Waals surface area (Å²) in [4.78, 5) is 23.9. The van der Waals surface area contributed by atoms with Crippen LogP contribution in [0.1, 0.15) is 23.0 Å². The van der Waals surface area contributed by atoms with Gasteiger partial charge in [0, 0.05) is 22.9 Å². The molecule has 6 nitrogen and oxygen atoms in total. The number of benzene rings is 1. The zero-order valence-electron chi connectivity index (χ0n) is 13.4. The second kappa shape index (κ2) is 6.64. The van der Waals surface area contributed by atoms with Crippen molar-refractivity contribution in [1.82, 2.24) is 15.0 Å². The van der Waals surface area contributed by atoms with Crippen molar-refractivity contribution >= 4 is 11.8 Å². The lowest BCUT2D eigenvalue weighted by atomic mass is 9.96. The maximum atomic E-state index is 13.7. The minimum Gasteiger partial charge on any atom is -0.478 e. The number of nitrogens with two attached hydrogens (primary N) is 1. The SMILES string of the molecule is CCc1ncnc(-c2ccc(F)c(C(=O)O)c2)c1-c1ccc(N)nc1. The molecule has 0 aliphatic heterocycles. The summed E-state index contributed by atoms with van der Waals surface area (Å²) in [5.74, 6) is -1.74. The van der Waals surface area contributed by atoms with Crippen LogP contribution in [-0.2, 0) is 6.42 Å². The van der Waals surface area contributed by atoms with Crippen molar-refractivity contribution in [3.63, 3.8) is 0 Å². The molecular weight excluding hydrogens is 323 g/mol. The van der Waals surface area contributed by atoms with E-state index < -0.39 is 17.3 Å². The summed E-state index contributed by atoms with van der Waals surface area (Å²) < 4.78 is 13.7. The molecule has 0 saturated carbocycles. The van der Waals surface area contributed by atoms with Gasteiger partial charge in [-0.3, -0.25) is 0 Å². The normalized spacial score (nSPS) is 10.6. The minimum absolute atomic E-state index is 0.384. The number of aromatic carboxylic acids is 1. The van der Waals surface area contributed by atoms with Crippen LogP contribution >= 0.6 is 0 Å². The first-order valence-corrected chi connectivity index (χ1v) is 7.60. The highest BCUT2D eigenvalue weighted by Gasteiger charge is 2.18. The highest BCUT2D eigenvalue weighted by molar-refractivity contribution is 5.91. The third-order valence-corrected chi connectivity index (χ3v) is 3.81. The van der Waals surface area contributed by atoms with E-state index in [0.29, 0.717) is 23.5 Å². The van der Waals surface area contributed by atoms with Gasteiger partial charge in [-0.1, -0.05) is 6.92 Å². The number of carboxylic acid groups (broad SMARTS) is 1. The van der Waals surface area contributed by atoms with E-state index in [1.54, 1.807) is 18.3 Å². The Morgan fingerprint density at radius 1 is 1.16 bits per heavy atom. The Hall–Kier alpha value is -3.35. The summed E-state index contributed by atoms with van der Waals surface area (Å²) in [6, 6.07) is 7.35. The molecule has 7 heteroatoms. The maximum absolute atomic E-state index is 13.7. The first-order valence-electron chi connectivity index (χ1n) is 7.60. The zero-order chi connectivity index (χ0) is 18.0. The van der Waals surface area contributed by atoms with Gasteiger partial charge in [-0.2, -0.15) is 0 Å². The molecule has 3 N–H and O–H groups in total. The zero-order valence-corrected chi connectivity index (χ0v) is 13.4. The molecule has 0 bridgehead atoms. The number of pyridine rings is 1. The summed E-state index contributed by atoms with van der Waals surface area (Å²) in [6.45, 7) is 1.95. The summed E-state index contributed by atoms with van der Waals surface area (Å²) >= 11 is 0. The van der Waals surface area contributed by atoms with Crippen LogP contribution in [0.5, 0.6) is 0 Å². The maximum Gasteiger partial charge on any atom is 0.338 e. The highest BCUT2D eigenvalue weighted by atomic mass is 19.1. The largest absolute Gasteiger partial charge is 0.478 e. The quantitative estimate of drug-likeness (QED) is 0.757. The number of aryl methyl sites for hydroxylation is 1. The van der Waals surface area contributed by atoms with Gasteiger partial charge in [-0.05, 0) is 36.8 Å². The van der Waals surface area contributed by atoms with Crippen molar-refractivity contribution in [2.24, 2.45) is 0 Å². The third kappa shape index (κ3) is 3.16. The van der Waals surface area contributed by atoms with Gasteiger partial charge in [-0.25, -0.2) is 24.1 Å². The second-order valence-corrected chi connectivity index (χ2v) is 5.37.